The molecule has 1 aliphatic rings. The zero-order valence-corrected chi connectivity index (χ0v) is 11.4. The van der Waals surface area contributed by atoms with Gasteiger partial charge in [-0.15, -0.1) is 12.4 Å². The number of imidazole rings is 1. The van der Waals surface area contributed by atoms with Gasteiger partial charge in [0.2, 0.25) is 5.78 Å². The van der Waals surface area contributed by atoms with Crippen LogP contribution in [0, 0.1) is 0 Å². The molecule has 6 nitrogen and oxygen atoms in total. The van der Waals surface area contributed by atoms with E-state index in [1.54, 1.807) is 6.20 Å². The Balaban J connectivity index is 0.00000133. The van der Waals surface area contributed by atoms with Gasteiger partial charge < -0.3 is 10.5 Å². The Morgan fingerprint density at radius 1 is 1.47 bits per heavy atom. The van der Waals surface area contributed by atoms with E-state index in [1.807, 2.05) is 22.9 Å². The maximum Gasteiger partial charge on any atom is 0.233 e. The van der Waals surface area contributed by atoms with Gasteiger partial charge in [-0.2, -0.15) is 0 Å². The average Bonchev–Trinajstić information content (AvgIpc) is 2.81. The van der Waals surface area contributed by atoms with Crippen molar-refractivity contribution in [2.24, 2.45) is 5.73 Å². The SMILES string of the molecule is Cl.NCC1CN(Cc2cn3cccnc3n2)CCO1. The number of hydrogen-bond acceptors (Lipinski definition) is 5. The Morgan fingerprint density at radius 2 is 2.37 bits per heavy atom. The molecule has 0 saturated carbocycles. The van der Waals surface area contributed by atoms with Crippen LogP contribution in [0.5, 0.6) is 0 Å². The van der Waals surface area contributed by atoms with E-state index >= 15 is 0 Å². The van der Waals surface area contributed by atoms with Crippen LogP contribution in [0.1, 0.15) is 5.69 Å². The van der Waals surface area contributed by atoms with Crippen LogP contribution in [0.3, 0.4) is 0 Å². The molecular formula is C12H18ClN5O. The number of nitrogens with zero attached hydrogens (tertiary/aromatic N) is 4. The Kier molecular flexibility index (Phi) is 4.71. The van der Waals surface area contributed by atoms with Gasteiger partial charge in [-0.3, -0.25) is 9.30 Å². The second kappa shape index (κ2) is 6.29. The average molecular weight is 284 g/mol. The van der Waals surface area contributed by atoms with Crippen LogP contribution in [0.25, 0.3) is 5.78 Å². The molecule has 1 aliphatic heterocycles. The summed E-state index contributed by atoms with van der Waals surface area (Å²) in [5, 5.41) is 0. The van der Waals surface area contributed by atoms with Gasteiger partial charge in [0.15, 0.2) is 0 Å². The fourth-order valence-corrected chi connectivity index (χ4v) is 2.25. The van der Waals surface area contributed by atoms with Gasteiger partial charge in [-0.05, 0) is 6.07 Å². The summed E-state index contributed by atoms with van der Waals surface area (Å²) in [7, 11) is 0. The lowest BCUT2D eigenvalue weighted by molar-refractivity contribution is -0.0263. The van der Waals surface area contributed by atoms with Crippen molar-refractivity contribution in [1.29, 1.82) is 0 Å². The molecule has 2 aromatic rings. The Bertz CT molecular complexity index is 499. The Hall–Kier alpha value is -1.21. The minimum absolute atomic E-state index is 0. The lowest BCUT2D eigenvalue weighted by atomic mass is 10.2. The molecule has 1 atom stereocenters. The molecule has 0 aliphatic carbocycles. The van der Waals surface area contributed by atoms with Gasteiger partial charge in [0, 0.05) is 44.8 Å². The summed E-state index contributed by atoms with van der Waals surface area (Å²) >= 11 is 0. The Morgan fingerprint density at radius 3 is 3.16 bits per heavy atom. The number of hydrogen-bond donors (Lipinski definition) is 1. The molecule has 0 bridgehead atoms. The number of nitrogens with two attached hydrogens (primary N) is 1. The minimum Gasteiger partial charge on any atom is -0.374 e. The van der Waals surface area contributed by atoms with Crippen LogP contribution in [-0.2, 0) is 11.3 Å². The summed E-state index contributed by atoms with van der Waals surface area (Å²) in [6.45, 7) is 3.94. The number of aromatic nitrogens is 3. The molecule has 19 heavy (non-hydrogen) atoms. The molecule has 0 aromatic carbocycles. The van der Waals surface area contributed by atoms with Crippen molar-refractivity contribution in [3.8, 4) is 0 Å². The van der Waals surface area contributed by atoms with Gasteiger partial charge >= 0.3 is 0 Å². The number of halogens is 1. The highest BCUT2D eigenvalue weighted by Gasteiger charge is 2.19. The molecule has 0 amide bonds. The Labute approximate surface area is 118 Å². The normalized spacial score (nSPS) is 20.4. The third-order valence-corrected chi connectivity index (χ3v) is 3.16. The monoisotopic (exact) mass is 283 g/mol. The van der Waals surface area contributed by atoms with Gasteiger partial charge in [-0.25, -0.2) is 9.97 Å². The van der Waals surface area contributed by atoms with E-state index < -0.39 is 0 Å². The van der Waals surface area contributed by atoms with Crippen molar-refractivity contribution >= 4 is 18.2 Å². The van der Waals surface area contributed by atoms with E-state index in [0.717, 1.165) is 37.7 Å². The second-order valence-corrected chi connectivity index (χ2v) is 4.52. The molecule has 104 valence electrons. The van der Waals surface area contributed by atoms with Gasteiger partial charge in [0.05, 0.1) is 18.4 Å². The third kappa shape index (κ3) is 3.22. The fourth-order valence-electron chi connectivity index (χ4n) is 2.25. The molecule has 0 radical (unpaired) electrons. The van der Waals surface area contributed by atoms with Crippen LogP contribution in [0.15, 0.2) is 24.7 Å². The van der Waals surface area contributed by atoms with Crippen LogP contribution in [-0.4, -0.2) is 51.6 Å². The first-order chi connectivity index (χ1) is 8.85. The van der Waals surface area contributed by atoms with Gasteiger partial charge in [0.25, 0.3) is 0 Å². The molecule has 2 N–H and O–H groups in total. The number of fused-ring (bicyclic) bond motifs is 1. The van der Waals surface area contributed by atoms with Crippen LogP contribution >= 0.6 is 12.4 Å². The first-order valence-electron chi connectivity index (χ1n) is 6.18. The quantitative estimate of drug-likeness (QED) is 0.878. The summed E-state index contributed by atoms with van der Waals surface area (Å²) in [5.41, 5.74) is 6.67. The summed E-state index contributed by atoms with van der Waals surface area (Å²) < 4.78 is 7.49. The van der Waals surface area contributed by atoms with Gasteiger partial charge in [0.1, 0.15) is 0 Å². The van der Waals surface area contributed by atoms with Crippen molar-refractivity contribution in [1.82, 2.24) is 19.3 Å². The van der Waals surface area contributed by atoms with Gasteiger partial charge in [-0.1, -0.05) is 0 Å². The van der Waals surface area contributed by atoms with E-state index in [4.69, 9.17) is 10.5 Å². The van der Waals surface area contributed by atoms with Crippen molar-refractivity contribution in [2.75, 3.05) is 26.2 Å². The lowest BCUT2D eigenvalue weighted by Gasteiger charge is -2.31. The first kappa shape index (κ1) is 14.2. The van der Waals surface area contributed by atoms with E-state index in [1.165, 1.54) is 0 Å². The first-order valence-corrected chi connectivity index (χ1v) is 6.18. The largest absolute Gasteiger partial charge is 0.374 e. The zero-order valence-electron chi connectivity index (χ0n) is 10.6. The maximum atomic E-state index is 5.64. The molecule has 3 rings (SSSR count). The van der Waals surface area contributed by atoms with Crippen molar-refractivity contribution in [3.05, 3.63) is 30.4 Å². The second-order valence-electron chi connectivity index (χ2n) is 4.52. The van der Waals surface area contributed by atoms with E-state index in [-0.39, 0.29) is 18.5 Å². The van der Waals surface area contributed by atoms with E-state index in [2.05, 4.69) is 14.9 Å². The summed E-state index contributed by atoms with van der Waals surface area (Å²) in [5.74, 6) is 0.746. The molecule has 1 fully saturated rings. The third-order valence-electron chi connectivity index (χ3n) is 3.16. The highest BCUT2D eigenvalue weighted by Crippen LogP contribution is 2.10. The maximum absolute atomic E-state index is 5.64. The minimum atomic E-state index is 0. The summed E-state index contributed by atoms with van der Waals surface area (Å²) in [4.78, 5) is 11.0. The molecular weight excluding hydrogens is 266 g/mol. The highest BCUT2D eigenvalue weighted by atomic mass is 35.5. The fraction of sp³-hybridized carbons (Fsp3) is 0.500. The lowest BCUT2D eigenvalue weighted by Crippen LogP contribution is -2.45. The van der Waals surface area contributed by atoms with Crippen molar-refractivity contribution in [3.63, 3.8) is 0 Å². The molecule has 1 unspecified atom stereocenters. The summed E-state index contributed by atoms with van der Waals surface area (Å²) in [6, 6.07) is 1.90. The highest BCUT2D eigenvalue weighted by molar-refractivity contribution is 5.85. The predicted molar refractivity (Wildman–Crippen MR) is 74.3 cm³/mol. The van der Waals surface area contributed by atoms with Crippen molar-refractivity contribution < 1.29 is 4.74 Å². The van der Waals surface area contributed by atoms with E-state index in [0.29, 0.717) is 6.54 Å². The molecule has 7 heteroatoms. The molecule has 0 spiro atoms. The number of ether oxygens (including phenoxy) is 1. The molecule has 3 heterocycles. The van der Waals surface area contributed by atoms with Crippen LogP contribution in [0.4, 0.5) is 0 Å². The predicted octanol–water partition coefficient (Wildman–Crippen LogP) is 0.311. The summed E-state index contributed by atoms with van der Waals surface area (Å²) in [6.07, 6.45) is 5.88. The zero-order chi connectivity index (χ0) is 12.4. The van der Waals surface area contributed by atoms with Crippen molar-refractivity contribution in [2.45, 2.75) is 12.6 Å². The number of rotatable bonds is 3. The smallest absolute Gasteiger partial charge is 0.233 e. The standard InChI is InChI=1S/C12H17N5O.ClH/c13-6-11-9-16(4-5-18-11)7-10-8-17-3-1-2-14-12(17)15-10;/h1-3,8,11H,4-7,9,13H2;1H. The molecule has 2 aromatic heterocycles. The number of morpholine rings is 1. The van der Waals surface area contributed by atoms with E-state index in [9.17, 15) is 0 Å². The van der Waals surface area contributed by atoms with Crippen LogP contribution in [0.2, 0.25) is 0 Å². The topological polar surface area (TPSA) is 68.7 Å². The molecule has 1 saturated heterocycles. The van der Waals surface area contributed by atoms with Crippen LogP contribution < -0.4 is 5.73 Å².